The Balaban J connectivity index is 4.13. The van der Waals surface area contributed by atoms with Gasteiger partial charge in [-0.2, -0.15) is 0 Å². The van der Waals surface area contributed by atoms with Crippen LogP contribution in [0, 0.1) is 0 Å². The lowest BCUT2D eigenvalue weighted by atomic mass is 10.1. The normalized spacial score (nSPS) is 12.8. The molecule has 0 heterocycles. The lowest BCUT2D eigenvalue weighted by molar-refractivity contribution is -0.138. The smallest absolute Gasteiger partial charge is 0.334 e. The zero-order valence-corrected chi connectivity index (χ0v) is 15.5. The Bertz CT molecular complexity index is 544. The van der Waals surface area contributed by atoms with E-state index in [1.807, 2.05) is 13.0 Å². The van der Waals surface area contributed by atoms with Crippen molar-refractivity contribution in [2.24, 2.45) is 0 Å². The molecule has 0 aliphatic rings. The van der Waals surface area contributed by atoms with Crippen molar-refractivity contribution in [1.82, 2.24) is 0 Å². The Morgan fingerprint density at radius 2 is 1.42 bits per heavy atom. The monoisotopic (exact) mass is 334 g/mol. The number of allylic oxidation sites excluding steroid dienone is 5. The molecular weight excluding hydrogens is 304 g/mol. The van der Waals surface area contributed by atoms with Gasteiger partial charge < -0.3 is 9.84 Å². The van der Waals surface area contributed by atoms with Crippen molar-refractivity contribution in [3.05, 3.63) is 46.6 Å². The van der Waals surface area contributed by atoms with Gasteiger partial charge in [0, 0.05) is 11.6 Å². The van der Waals surface area contributed by atoms with Crippen LogP contribution in [0.5, 0.6) is 0 Å². The third-order valence-corrected chi connectivity index (χ3v) is 3.43. The van der Waals surface area contributed by atoms with E-state index in [1.54, 1.807) is 0 Å². The average Bonchev–Trinajstić information content (AvgIpc) is 2.45. The summed E-state index contributed by atoms with van der Waals surface area (Å²) in [7, 11) is 0. The van der Waals surface area contributed by atoms with Crippen LogP contribution in [0.2, 0.25) is 0 Å². The van der Waals surface area contributed by atoms with Crippen molar-refractivity contribution in [3.63, 3.8) is 0 Å². The average molecular weight is 334 g/mol. The molecule has 1 N–H and O–H groups in total. The van der Waals surface area contributed by atoms with Crippen molar-refractivity contribution < 1.29 is 19.4 Å². The fraction of sp³-hybridized carbons (Fsp3) is 0.500. The van der Waals surface area contributed by atoms with Gasteiger partial charge in [0.1, 0.15) is 6.61 Å². The maximum Gasteiger partial charge on any atom is 0.334 e. The molecule has 0 aliphatic heterocycles. The van der Waals surface area contributed by atoms with E-state index in [2.05, 4.69) is 32.9 Å². The van der Waals surface area contributed by atoms with Gasteiger partial charge in [-0.3, -0.25) is 0 Å². The predicted octanol–water partition coefficient (Wildman–Crippen LogP) is 4.98. The fourth-order valence-electron chi connectivity index (χ4n) is 1.96. The van der Waals surface area contributed by atoms with Gasteiger partial charge in [0.2, 0.25) is 0 Å². The number of hydrogen-bond acceptors (Lipinski definition) is 3. The summed E-state index contributed by atoms with van der Waals surface area (Å²) in [6.07, 6.45) is 11.3. The highest BCUT2D eigenvalue weighted by molar-refractivity contribution is 5.95. The van der Waals surface area contributed by atoms with Gasteiger partial charge in [-0.25, -0.2) is 9.59 Å². The minimum atomic E-state index is -1.15. The molecule has 0 bridgehead atoms. The van der Waals surface area contributed by atoms with E-state index < -0.39 is 11.9 Å². The number of carbonyl (C=O) groups is 2. The van der Waals surface area contributed by atoms with Crippen LogP contribution < -0.4 is 0 Å². The highest BCUT2D eigenvalue weighted by atomic mass is 16.5. The number of hydrogen-bond donors (Lipinski definition) is 1. The van der Waals surface area contributed by atoms with E-state index in [0.29, 0.717) is 0 Å². The number of aliphatic carboxylic acids is 1. The Hall–Kier alpha value is -2.10. The van der Waals surface area contributed by atoms with Crippen molar-refractivity contribution in [3.8, 4) is 0 Å². The third kappa shape index (κ3) is 12.4. The topological polar surface area (TPSA) is 63.6 Å². The van der Waals surface area contributed by atoms with Crippen LogP contribution in [0.4, 0.5) is 0 Å². The van der Waals surface area contributed by atoms with Gasteiger partial charge in [-0.1, -0.05) is 28.9 Å². The molecule has 0 rings (SSSR count). The lowest BCUT2D eigenvalue weighted by Gasteiger charge is -2.04. The fourth-order valence-corrected chi connectivity index (χ4v) is 1.96. The van der Waals surface area contributed by atoms with Gasteiger partial charge >= 0.3 is 11.9 Å². The quantitative estimate of drug-likeness (QED) is 0.348. The molecule has 0 aromatic heterocycles. The first-order valence-electron chi connectivity index (χ1n) is 8.25. The zero-order valence-electron chi connectivity index (χ0n) is 15.5. The third-order valence-electron chi connectivity index (χ3n) is 3.43. The summed E-state index contributed by atoms with van der Waals surface area (Å²) < 4.78 is 5.01. The first-order chi connectivity index (χ1) is 11.2. The highest BCUT2D eigenvalue weighted by Gasteiger charge is 2.06. The standard InChI is InChI=1S/C20H30O4/c1-15(2)8-6-9-16(3)10-7-11-17(4)12-13-24-20(23)18(5)14-19(21)22/h8,10,12,14H,6-7,9,11,13H2,1-5H3,(H,21,22)/b16-10+,17-12+,18-14+. The molecule has 0 saturated heterocycles. The van der Waals surface area contributed by atoms with Crippen LogP contribution in [0.15, 0.2) is 46.6 Å². The van der Waals surface area contributed by atoms with Crippen LogP contribution in [-0.4, -0.2) is 23.7 Å². The summed E-state index contributed by atoms with van der Waals surface area (Å²) in [6, 6.07) is 0. The van der Waals surface area contributed by atoms with Crippen LogP contribution in [0.3, 0.4) is 0 Å². The molecule has 0 aromatic carbocycles. The molecule has 4 heteroatoms. The van der Waals surface area contributed by atoms with E-state index in [9.17, 15) is 9.59 Å². The Morgan fingerprint density at radius 3 is 1.96 bits per heavy atom. The first kappa shape index (κ1) is 21.9. The van der Waals surface area contributed by atoms with Gasteiger partial charge in [-0.15, -0.1) is 0 Å². The van der Waals surface area contributed by atoms with Crippen molar-refractivity contribution >= 4 is 11.9 Å². The predicted molar refractivity (Wildman–Crippen MR) is 97.8 cm³/mol. The number of carboxylic acid groups (broad SMARTS) is 1. The SMILES string of the molecule is CC(C)=CCC/C(C)=C/CC/C(C)=C/COC(=O)/C(C)=C/C(=O)O. The van der Waals surface area contributed by atoms with E-state index in [0.717, 1.165) is 37.3 Å². The molecule has 4 nitrogen and oxygen atoms in total. The highest BCUT2D eigenvalue weighted by Crippen LogP contribution is 2.11. The largest absolute Gasteiger partial charge is 0.478 e. The first-order valence-corrected chi connectivity index (χ1v) is 8.25. The van der Waals surface area contributed by atoms with Gasteiger partial charge in [-0.05, 0) is 66.4 Å². The molecule has 0 aromatic rings. The van der Waals surface area contributed by atoms with Crippen molar-refractivity contribution in [1.29, 1.82) is 0 Å². The van der Waals surface area contributed by atoms with Crippen LogP contribution in [-0.2, 0) is 14.3 Å². The summed E-state index contributed by atoms with van der Waals surface area (Å²) in [6.45, 7) is 9.96. The van der Waals surface area contributed by atoms with Crippen molar-refractivity contribution in [2.75, 3.05) is 6.61 Å². The molecule has 0 fully saturated rings. The number of esters is 1. The molecule has 0 unspecified atom stereocenters. The number of carboxylic acids is 1. The second-order valence-corrected chi connectivity index (χ2v) is 6.22. The second-order valence-electron chi connectivity index (χ2n) is 6.22. The van der Waals surface area contributed by atoms with Crippen LogP contribution >= 0.6 is 0 Å². The van der Waals surface area contributed by atoms with E-state index >= 15 is 0 Å². The molecular formula is C20H30O4. The molecule has 0 atom stereocenters. The number of ether oxygens (including phenoxy) is 1. The molecule has 24 heavy (non-hydrogen) atoms. The molecule has 134 valence electrons. The molecule has 0 aliphatic carbocycles. The van der Waals surface area contributed by atoms with Gasteiger partial charge in [0.25, 0.3) is 0 Å². The lowest BCUT2D eigenvalue weighted by Crippen LogP contribution is -2.07. The van der Waals surface area contributed by atoms with Crippen LogP contribution in [0.1, 0.15) is 60.3 Å². The van der Waals surface area contributed by atoms with Crippen LogP contribution in [0.25, 0.3) is 0 Å². The summed E-state index contributed by atoms with van der Waals surface area (Å²) in [5.74, 6) is -1.75. The number of rotatable bonds is 10. The Morgan fingerprint density at radius 1 is 0.875 bits per heavy atom. The van der Waals surface area contributed by atoms with E-state index in [4.69, 9.17) is 9.84 Å². The van der Waals surface area contributed by atoms with E-state index in [-0.39, 0.29) is 12.2 Å². The second kappa shape index (κ2) is 12.3. The molecule has 0 amide bonds. The molecule has 0 saturated carbocycles. The summed E-state index contributed by atoms with van der Waals surface area (Å²) in [5, 5.41) is 8.56. The minimum absolute atomic E-state index is 0.0866. The van der Waals surface area contributed by atoms with Crippen molar-refractivity contribution in [2.45, 2.75) is 60.3 Å². The summed E-state index contributed by atoms with van der Waals surface area (Å²) in [4.78, 5) is 22.0. The maximum absolute atomic E-state index is 11.5. The van der Waals surface area contributed by atoms with Gasteiger partial charge in [0.05, 0.1) is 0 Å². The minimum Gasteiger partial charge on any atom is -0.478 e. The molecule has 0 radical (unpaired) electrons. The summed E-state index contributed by atoms with van der Waals surface area (Å²) >= 11 is 0. The Kier molecular flexibility index (Phi) is 11.3. The van der Waals surface area contributed by atoms with Gasteiger partial charge in [0.15, 0.2) is 0 Å². The zero-order chi connectivity index (χ0) is 18.5. The molecule has 0 spiro atoms. The number of carbonyl (C=O) groups excluding carboxylic acids is 1. The van der Waals surface area contributed by atoms with E-state index in [1.165, 1.54) is 18.1 Å². The maximum atomic E-state index is 11.5. The summed E-state index contributed by atoms with van der Waals surface area (Å²) in [5.41, 5.74) is 3.98. The Labute approximate surface area is 145 Å².